The Morgan fingerprint density at radius 2 is 2.06 bits per heavy atom. The van der Waals surface area contributed by atoms with Crippen LogP contribution in [0, 0.1) is 0 Å². The summed E-state index contributed by atoms with van der Waals surface area (Å²) >= 11 is 1.48. The zero-order valence-corrected chi connectivity index (χ0v) is 11.8. The molecule has 1 fully saturated rings. The van der Waals surface area contributed by atoms with Crippen LogP contribution in [0.1, 0.15) is 26.2 Å². The summed E-state index contributed by atoms with van der Waals surface area (Å²) in [6, 6.07) is -0.332. The van der Waals surface area contributed by atoms with Crippen LogP contribution < -0.4 is 11.1 Å². The van der Waals surface area contributed by atoms with E-state index in [9.17, 15) is 9.59 Å². The second-order valence-corrected chi connectivity index (χ2v) is 5.54. The second-order valence-electron chi connectivity index (χ2n) is 4.51. The molecule has 1 heterocycles. The molecule has 0 aromatic heterocycles. The van der Waals surface area contributed by atoms with E-state index in [1.807, 2.05) is 11.8 Å². The predicted octanol–water partition coefficient (Wildman–Crippen LogP) is 0.196. The number of likely N-dealkylation sites (tertiary alicyclic amines) is 1. The quantitative estimate of drug-likeness (QED) is 0.662. The van der Waals surface area contributed by atoms with Crippen LogP contribution in [-0.2, 0) is 9.59 Å². The van der Waals surface area contributed by atoms with Crippen molar-refractivity contribution in [3.8, 4) is 0 Å². The highest BCUT2D eigenvalue weighted by Gasteiger charge is 2.19. The van der Waals surface area contributed by atoms with Crippen molar-refractivity contribution < 1.29 is 9.59 Å². The number of hydrogen-bond acceptors (Lipinski definition) is 4. The van der Waals surface area contributed by atoms with Crippen molar-refractivity contribution >= 4 is 23.6 Å². The first-order valence-electron chi connectivity index (χ1n) is 6.53. The maximum absolute atomic E-state index is 11.8. The number of rotatable bonds is 8. The zero-order chi connectivity index (χ0) is 13.4. The molecule has 1 aliphatic rings. The van der Waals surface area contributed by atoms with Gasteiger partial charge >= 0.3 is 0 Å². The molecule has 0 aromatic rings. The zero-order valence-electron chi connectivity index (χ0n) is 11.0. The van der Waals surface area contributed by atoms with Gasteiger partial charge in [-0.15, -0.1) is 11.8 Å². The second kappa shape index (κ2) is 8.37. The van der Waals surface area contributed by atoms with Gasteiger partial charge in [-0.25, -0.2) is 0 Å². The van der Waals surface area contributed by atoms with E-state index in [0.29, 0.717) is 11.5 Å². The van der Waals surface area contributed by atoms with Crippen molar-refractivity contribution in [2.45, 2.75) is 32.2 Å². The topological polar surface area (TPSA) is 75.4 Å². The van der Waals surface area contributed by atoms with Gasteiger partial charge in [0.25, 0.3) is 0 Å². The minimum absolute atomic E-state index is 0.177. The molecule has 3 N–H and O–H groups in total. The molecule has 6 heteroatoms. The third-order valence-corrected chi connectivity index (χ3v) is 3.97. The summed E-state index contributed by atoms with van der Waals surface area (Å²) in [7, 11) is 0. The van der Waals surface area contributed by atoms with E-state index in [1.165, 1.54) is 11.8 Å². The molecule has 0 radical (unpaired) electrons. The summed E-state index contributed by atoms with van der Waals surface area (Å²) in [6.07, 6.45) is 3.18. The van der Waals surface area contributed by atoms with E-state index >= 15 is 0 Å². The van der Waals surface area contributed by atoms with Crippen molar-refractivity contribution in [1.82, 2.24) is 10.2 Å². The number of thioether (sulfide) groups is 1. The van der Waals surface area contributed by atoms with Crippen molar-refractivity contribution in [3.05, 3.63) is 0 Å². The first-order valence-corrected chi connectivity index (χ1v) is 7.68. The van der Waals surface area contributed by atoms with Gasteiger partial charge in [-0.2, -0.15) is 0 Å². The maximum Gasteiger partial charge on any atom is 0.235 e. The molecule has 1 aliphatic heterocycles. The number of nitrogens with zero attached hydrogens (tertiary/aromatic N) is 1. The lowest BCUT2D eigenvalue weighted by Gasteiger charge is -2.17. The first-order chi connectivity index (χ1) is 8.65. The molecule has 0 aliphatic carbocycles. The molecule has 2 amide bonds. The summed E-state index contributed by atoms with van der Waals surface area (Å²) in [5.74, 6) is 0.841. The standard InChI is InChI=1S/C12H23N3O2S/c1-2-5-14-10(12(13)17)8-18-9-11(16)15-6-3-4-7-15/h10,14H,2-9H2,1H3,(H2,13,17). The van der Waals surface area contributed by atoms with Crippen molar-refractivity contribution in [2.24, 2.45) is 5.73 Å². The smallest absolute Gasteiger partial charge is 0.235 e. The molecule has 0 aromatic carbocycles. The van der Waals surface area contributed by atoms with Crippen LogP contribution in [0.25, 0.3) is 0 Å². The SMILES string of the molecule is CCCNC(CSCC(=O)N1CCCC1)C(N)=O. The minimum atomic E-state index is -0.343. The molecule has 1 unspecified atom stereocenters. The number of carbonyl (C=O) groups excluding carboxylic acids is 2. The highest BCUT2D eigenvalue weighted by Crippen LogP contribution is 2.11. The molecule has 0 spiro atoms. The van der Waals surface area contributed by atoms with Crippen LogP contribution in [0.2, 0.25) is 0 Å². The first kappa shape index (κ1) is 15.3. The van der Waals surface area contributed by atoms with Gasteiger partial charge in [0.05, 0.1) is 11.8 Å². The number of primary amides is 1. The molecule has 5 nitrogen and oxygen atoms in total. The van der Waals surface area contributed by atoms with Crippen LogP contribution in [0.3, 0.4) is 0 Å². The number of hydrogen-bond donors (Lipinski definition) is 2. The van der Waals surface area contributed by atoms with Gasteiger partial charge in [0, 0.05) is 18.8 Å². The Kier molecular flexibility index (Phi) is 7.12. The number of carbonyl (C=O) groups is 2. The lowest BCUT2D eigenvalue weighted by atomic mass is 10.3. The summed E-state index contributed by atoms with van der Waals surface area (Å²) in [6.45, 7) is 4.57. The summed E-state index contributed by atoms with van der Waals surface area (Å²) in [4.78, 5) is 24.9. The fourth-order valence-corrected chi connectivity index (χ4v) is 2.87. The van der Waals surface area contributed by atoms with E-state index in [-0.39, 0.29) is 17.9 Å². The van der Waals surface area contributed by atoms with Crippen LogP contribution in [-0.4, -0.2) is 53.9 Å². The van der Waals surface area contributed by atoms with Crippen LogP contribution >= 0.6 is 11.8 Å². The third-order valence-electron chi connectivity index (χ3n) is 2.95. The third kappa shape index (κ3) is 5.27. The molecule has 0 bridgehead atoms. The Morgan fingerprint density at radius 1 is 1.39 bits per heavy atom. The van der Waals surface area contributed by atoms with Gasteiger partial charge in [0.15, 0.2) is 0 Å². The lowest BCUT2D eigenvalue weighted by molar-refractivity contribution is -0.127. The largest absolute Gasteiger partial charge is 0.368 e. The fraction of sp³-hybridized carbons (Fsp3) is 0.833. The summed E-state index contributed by atoms with van der Waals surface area (Å²) in [5, 5.41) is 3.09. The average Bonchev–Trinajstić information content (AvgIpc) is 2.86. The van der Waals surface area contributed by atoms with E-state index in [4.69, 9.17) is 5.73 Å². The van der Waals surface area contributed by atoms with Crippen LogP contribution in [0.5, 0.6) is 0 Å². The van der Waals surface area contributed by atoms with E-state index in [2.05, 4.69) is 5.32 Å². The van der Waals surface area contributed by atoms with Gasteiger partial charge in [0.2, 0.25) is 11.8 Å². The van der Waals surface area contributed by atoms with Crippen LogP contribution in [0.4, 0.5) is 0 Å². The molecular weight excluding hydrogens is 250 g/mol. The highest BCUT2D eigenvalue weighted by atomic mass is 32.2. The van der Waals surface area contributed by atoms with Gasteiger partial charge in [0.1, 0.15) is 0 Å². The maximum atomic E-state index is 11.8. The molecule has 104 valence electrons. The minimum Gasteiger partial charge on any atom is -0.368 e. The monoisotopic (exact) mass is 273 g/mol. The highest BCUT2D eigenvalue weighted by molar-refractivity contribution is 8.00. The van der Waals surface area contributed by atoms with E-state index in [1.54, 1.807) is 0 Å². The van der Waals surface area contributed by atoms with Crippen molar-refractivity contribution in [3.63, 3.8) is 0 Å². The van der Waals surface area contributed by atoms with Crippen molar-refractivity contribution in [1.29, 1.82) is 0 Å². The summed E-state index contributed by atoms with van der Waals surface area (Å²) < 4.78 is 0. The lowest BCUT2D eigenvalue weighted by Crippen LogP contribution is -2.43. The Hall–Kier alpha value is -0.750. The Bertz CT molecular complexity index is 280. The molecule has 0 saturated carbocycles. The fourth-order valence-electron chi connectivity index (χ4n) is 1.88. The molecule has 1 atom stereocenters. The van der Waals surface area contributed by atoms with Gasteiger partial charge < -0.3 is 16.0 Å². The molecule has 1 rings (SSSR count). The average molecular weight is 273 g/mol. The molecule has 18 heavy (non-hydrogen) atoms. The van der Waals surface area contributed by atoms with E-state index < -0.39 is 0 Å². The number of amides is 2. The van der Waals surface area contributed by atoms with E-state index in [0.717, 1.165) is 38.9 Å². The Labute approximate surface area is 113 Å². The van der Waals surface area contributed by atoms with Gasteiger partial charge in [-0.3, -0.25) is 9.59 Å². The summed E-state index contributed by atoms with van der Waals surface area (Å²) in [5.41, 5.74) is 5.31. The number of nitrogens with one attached hydrogen (secondary N) is 1. The van der Waals surface area contributed by atoms with Gasteiger partial charge in [-0.1, -0.05) is 6.92 Å². The number of nitrogens with two attached hydrogens (primary N) is 1. The Morgan fingerprint density at radius 3 is 2.61 bits per heavy atom. The molecular formula is C12H23N3O2S. The van der Waals surface area contributed by atoms with Crippen molar-refractivity contribution in [2.75, 3.05) is 31.1 Å². The normalized spacial score (nSPS) is 16.8. The predicted molar refractivity (Wildman–Crippen MR) is 74.4 cm³/mol. The molecule has 1 saturated heterocycles. The van der Waals surface area contributed by atoms with Gasteiger partial charge in [-0.05, 0) is 25.8 Å². The Balaban J connectivity index is 2.20. The van der Waals surface area contributed by atoms with Crippen LogP contribution in [0.15, 0.2) is 0 Å².